The van der Waals surface area contributed by atoms with Crippen molar-refractivity contribution in [1.29, 1.82) is 0 Å². The van der Waals surface area contributed by atoms with Gasteiger partial charge in [0.15, 0.2) is 5.78 Å². The van der Waals surface area contributed by atoms with Crippen LogP contribution in [0.4, 0.5) is 0 Å². The van der Waals surface area contributed by atoms with Gasteiger partial charge in [-0.3, -0.25) is 9.59 Å². The molecule has 0 aromatic heterocycles. The van der Waals surface area contributed by atoms with Crippen molar-refractivity contribution in [1.82, 2.24) is 0 Å². The van der Waals surface area contributed by atoms with E-state index in [1.54, 1.807) is 0 Å². The van der Waals surface area contributed by atoms with Crippen LogP contribution in [0.15, 0.2) is 35.5 Å². The smallest absolute Gasteiger partial charge is 0.214 e. The lowest BCUT2D eigenvalue weighted by molar-refractivity contribution is -0.116. The van der Waals surface area contributed by atoms with Gasteiger partial charge in [-0.1, -0.05) is 24.3 Å². The highest BCUT2D eigenvalue weighted by Crippen LogP contribution is 2.23. The van der Waals surface area contributed by atoms with Gasteiger partial charge >= 0.3 is 0 Å². The molecule has 0 saturated heterocycles. The van der Waals surface area contributed by atoms with E-state index in [4.69, 9.17) is 0 Å². The van der Waals surface area contributed by atoms with Crippen molar-refractivity contribution in [2.75, 3.05) is 0 Å². The number of amides is 1. The minimum absolute atomic E-state index is 0.185. The average Bonchev–Trinajstić information content (AvgIpc) is 2.48. The summed E-state index contributed by atoms with van der Waals surface area (Å²) >= 11 is 0. The molecule has 0 aliphatic heterocycles. The number of Topliss-reactive ketones (excluding diaryl/α,β-unsaturated/α-hetero) is 1. The van der Waals surface area contributed by atoms with Crippen molar-refractivity contribution in [3.63, 3.8) is 0 Å². The Balaban J connectivity index is 0.000000157. The first-order valence-electron chi connectivity index (χ1n) is 3.52. The number of primary amides is 1. The molecule has 0 fully saturated rings. The molecule has 2 N–H and O–H groups in total. The summed E-state index contributed by atoms with van der Waals surface area (Å²) in [6.07, 6.45) is 7.38. The molecule has 2 bridgehead atoms. The van der Waals surface area contributed by atoms with Crippen molar-refractivity contribution in [2.45, 2.75) is 6.92 Å². The van der Waals surface area contributed by atoms with Gasteiger partial charge in [-0.2, -0.15) is 0 Å². The van der Waals surface area contributed by atoms with Crippen LogP contribution in [0.5, 0.6) is 0 Å². The minimum Gasteiger partial charge on any atom is -0.370 e. The number of hydrogen-bond donors (Lipinski definition) is 1. The molecular formula is C9H9NO2. The monoisotopic (exact) mass is 163 g/mol. The Morgan fingerprint density at radius 1 is 1.25 bits per heavy atom. The lowest BCUT2D eigenvalue weighted by atomic mass is 10.2. The second kappa shape index (κ2) is 3.17. The molecule has 3 heteroatoms. The Kier molecular flexibility index (Phi) is 2.24. The first-order valence-corrected chi connectivity index (χ1v) is 3.52. The van der Waals surface area contributed by atoms with Gasteiger partial charge in [-0.15, -0.1) is 0 Å². The van der Waals surface area contributed by atoms with E-state index in [1.807, 2.05) is 24.3 Å². The zero-order valence-electron chi connectivity index (χ0n) is 6.70. The molecule has 0 saturated carbocycles. The van der Waals surface area contributed by atoms with E-state index in [9.17, 15) is 9.59 Å². The molecule has 2 rings (SSSR count). The van der Waals surface area contributed by atoms with E-state index in [2.05, 4.69) is 5.73 Å². The van der Waals surface area contributed by atoms with Gasteiger partial charge in [0.2, 0.25) is 5.91 Å². The standard InChI is InChI=1S/C7H4O.C2H5NO/c8-7-5-1-2-6(7)4-3-5;1-2(3)4/h1-4H;1H3,(H2,3,4). The van der Waals surface area contributed by atoms with Crippen LogP contribution in [-0.4, -0.2) is 11.7 Å². The zero-order chi connectivity index (χ0) is 9.14. The lowest BCUT2D eigenvalue weighted by Crippen LogP contribution is -2.01. The number of hydrogen-bond acceptors (Lipinski definition) is 2. The number of carbonyl (C=O) groups excluding carboxylic acids is 2. The molecule has 12 heavy (non-hydrogen) atoms. The quantitative estimate of drug-likeness (QED) is 0.564. The maximum atomic E-state index is 10.8. The Bertz CT molecular complexity index is 293. The van der Waals surface area contributed by atoms with Crippen LogP contribution in [0.2, 0.25) is 0 Å². The molecule has 0 aromatic rings. The fourth-order valence-corrected chi connectivity index (χ4v) is 0.940. The summed E-state index contributed by atoms with van der Waals surface area (Å²) < 4.78 is 0. The first kappa shape index (κ1) is 8.46. The highest BCUT2D eigenvalue weighted by Gasteiger charge is 2.19. The van der Waals surface area contributed by atoms with E-state index in [0.29, 0.717) is 0 Å². The normalized spacial score (nSPS) is 16.6. The second-order valence-corrected chi connectivity index (χ2v) is 2.52. The van der Waals surface area contributed by atoms with E-state index >= 15 is 0 Å². The van der Waals surface area contributed by atoms with Gasteiger partial charge in [0.1, 0.15) is 0 Å². The highest BCUT2D eigenvalue weighted by atomic mass is 16.1. The molecule has 0 radical (unpaired) electrons. The Morgan fingerprint density at radius 2 is 1.58 bits per heavy atom. The van der Waals surface area contributed by atoms with E-state index in [-0.39, 0.29) is 11.7 Å². The largest absolute Gasteiger partial charge is 0.370 e. The van der Waals surface area contributed by atoms with Crippen molar-refractivity contribution in [2.24, 2.45) is 5.73 Å². The zero-order valence-corrected chi connectivity index (χ0v) is 6.70. The summed E-state index contributed by atoms with van der Waals surface area (Å²) in [6, 6.07) is 0. The van der Waals surface area contributed by atoms with Crippen molar-refractivity contribution < 1.29 is 9.59 Å². The molecule has 2 aliphatic rings. The Hall–Kier alpha value is -1.64. The van der Waals surface area contributed by atoms with Crippen molar-refractivity contribution in [3.8, 4) is 0 Å². The number of nitrogens with two attached hydrogens (primary N) is 1. The molecule has 0 spiro atoms. The van der Waals surface area contributed by atoms with Gasteiger partial charge in [0.25, 0.3) is 0 Å². The minimum atomic E-state index is -0.333. The van der Waals surface area contributed by atoms with Crippen molar-refractivity contribution in [3.05, 3.63) is 35.5 Å². The second-order valence-electron chi connectivity index (χ2n) is 2.52. The Morgan fingerprint density at radius 3 is 1.67 bits per heavy atom. The molecule has 62 valence electrons. The molecule has 0 atom stereocenters. The lowest BCUT2D eigenvalue weighted by Gasteiger charge is -1.78. The maximum absolute atomic E-state index is 10.8. The topological polar surface area (TPSA) is 60.2 Å². The van der Waals surface area contributed by atoms with Gasteiger partial charge in [0.05, 0.1) is 0 Å². The molecule has 1 amide bonds. The number of ketones is 1. The molecule has 0 unspecified atom stereocenters. The number of carbonyl (C=O) groups is 2. The number of allylic oxidation sites excluding steroid dienone is 6. The summed E-state index contributed by atoms with van der Waals surface area (Å²) in [5.74, 6) is -0.148. The number of rotatable bonds is 0. The number of fused-ring (bicyclic) bond motifs is 2. The SMILES string of the molecule is CC(N)=O.O=C1C2=CC=C1C=C2. The molecule has 0 heterocycles. The van der Waals surface area contributed by atoms with Gasteiger partial charge < -0.3 is 5.73 Å². The summed E-state index contributed by atoms with van der Waals surface area (Å²) in [4.78, 5) is 20.0. The van der Waals surface area contributed by atoms with Gasteiger partial charge in [0, 0.05) is 18.1 Å². The fraction of sp³-hybridized carbons (Fsp3) is 0.111. The highest BCUT2D eigenvalue weighted by molar-refractivity contribution is 6.17. The average molecular weight is 163 g/mol. The van der Waals surface area contributed by atoms with Crippen LogP contribution in [0.1, 0.15) is 6.92 Å². The summed E-state index contributed by atoms with van der Waals surface area (Å²) in [7, 11) is 0. The predicted molar refractivity (Wildman–Crippen MR) is 45.2 cm³/mol. The van der Waals surface area contributed by atoms with E-state index in [1.165, 1.54) is 6.92 Å². The molecular weight excluding hydrogens is 154 g/mol. The van der Waals surface area contributed by atoms with Gasteiger partial charge in [-0.25, -0.2) is 0 Å². The summed E-state index contributed by atoms with van der Waals surface area (Å²) in [5, 5.41) is 0. The van der Waals surface area contributed by atoms with Crippen LogP contribution in [0.25, 0.3) is 0 Å². The third-order valence-electron chi connectivity index (χ3n) is 1.41. The van der Waals surface area contributed by atoms with E-state index in [0.717, 1.165) is 11.1 Å². The van der Waals surface area contributed by atoms with E-state index < -0.39 is 0 Å². The summed E-state index contributed by atoms with van der Waals surface area (Å²) in [5.41, 5.74) is 6.14. The first-order chi connectivity index (χ1) is 5.61. The van der Waals surface area contributed by atoms with Crippen LogP contribution in [0, 0.1) is 0 Å². The van der Waals surface area contributed by atoms with Crippen molar-refractivity contribution >= 4 is 11.7 Å². The molecule has 0 aromatic carbocycles. The van der Waals surface area contributed by atoms with Gasteiger partial charge in [-0.05, 0) is 0 Å². The fourth-order valence-electron chi connectivity index (χ4n) is 0.940. The predicted octanol–water partition coefficient (Wildman–Crippen LogP) is 0.483. The van der Waals surface area contributed by atoms with Crippen LogP contribution in [-0.2, 0) is 9.59 Å². The molecule has 3 nitrogen and oxygen atoms in total. The summed E-state index contributed by atoms with van der Waals surface area (Å²) in [6.45, 7) is 1.31. The van der Waals surface area contributed by atoms with Crippen LogP contribution < -0.4 is 5.73 Å². The van der Waals surface area contributed by atoms with Crippen LogP contribution in [0.3, 0.4) is 0 Å². The third kappa shape index (κ3) is 1.69. The Labute approximate surface area is 70.2 Å². The maximum Gasteiger partial charge on any atom is 0.214 e. The third-order valence-corrected chi connectivity index (χ3v) is 1.41. The van der Waals surface area contributed by atoms with Crippen LogP contribution >= 0.6 is 0 Å². The molecule has 2 aliphatic carbocycles.